The molecule has 0 unspecified atom stereocenters. The van der Waals surface area contributed by atoms with Crippen LogP contribution in [0, 0.1) is 20.8 Å². The van der Waals surface area contributed by atoms with Gasteiger partial charge in [-0.1, -0.05) is 42.5 Å². The maximum absolute atomic E-state index is 12.2. The highest BCUT2D eigenvalue weighted by molar-refractivity contribution is 7.80. The summed E-state index contributed by atoms with van der Waals surface area (Å²) in [4.78, 5) is 19.1. The number of aromatic nitrogens is 2. The Bertz CT molecular complexity index is 1790. The SMILES string of the molecule is COCC(=O)Nc1ccc(N2C(=S)N[C@@H](c3ccccn3)[C@H]2c2cc(C)n(-c3cccc4ccccc34)c2C)cc1C. The molecule has 1 aliphatic rings. The lowest BCUT2D eigenvalue weighted by Gasteiger charge is -2.29. The summed E-state index contributed by atoms with van der Waals surface area (Å²) in [6, 6.07) is 28.8. The average Bonchev–Trinajstić information content (AvgIpc) is 3.49. The van der Waals surface area contributed by atoms with Crippen molar-refractivity contribution in [1.29, 1.82) is 0 Å². The maximum atomic E-state index is 12.2. The molecule has 6 rings (SSSR count). The zero-order valence-electron chi connectivity index (χ0n) is 24.1. The molecule has 7 nitrogen and oxygen atoms in total. The predicted molar refractivity (Wildman–Crippen MR) is 172 cm³/mol. The van der Waals surface area contributed by atoms with Gasteiger partial charge >= 0.3 is 0 Å². The molecule has 1 amide bonds. The van der Waals surface area contributed by atoms with E-state index in [0.29, 0.717) is 5.11 Å². The molecule has 42 heavy (non-hydrogen) atoms. The van der Waals surface area contributed by atoms with Crippen LogP contribution in [0.15, 0.2) is 91.1 Å². The lowest BCUT2D eigenvalue weighted by molar-refractivity contribution is -0.119. The highest BCUT2D eigenvalue weighted by Crippen LogP contribution is 2.44. The number of pyridine rings is 1. The lowest BCUT2D eigenvalue weighted by atomic mass is 9.96. The zero-order chi connectivity index (χ0) is 29.4. The van der Waals surface area contributed by atoms with Crippen LogP contribution in [-0.2, 0) is 9.53 Å². The Kier molecular flexibility index (Phi) is 7.49. The molecule has 0 aliphatic carbocycles. The van der Waals surface area contributed by atoms with Gasteiger partial charge in [-0.2, -0.15) is 0 Å². The van der Waals surface area contributed by atoms with E-state index in [0.717, 1.165) is 39.7 Å². The quantitative estimate of drug-likeness (QED) is 0.210. The molecule has 0 bridgehead atoms. The van der Waals surface area contributed by atoms with E-state index < -0.39 is 0 Å². The molecule has 5 aromatic rings. The summed E-state index contributed by atoms with van der Waals surface area (Å²) >= 11 is 5.99. The molecule has 1 fully saturated rings. The van der Waals surface area contributed by atoms with Crippen LogP contribution in [-0.4, -0.2) is 34.3 Å². The summed E-state index contributed by atoms with van der Waals surface area (Å²) in [5.41, 5.74) is 8.13. The number of benzene rings is 3. The fourth-order valence-corrected chi connectivity index (χ4v) is 6.41. The van der Waals surface area contributed by atoms with Gasteiger partial charge in [0.1, 0.15) is 6.61 Å². The third-order valence-corrected chi connectivity index (χ3v) is 8.25. The molecule has 1 aliphatic heterocycles. The Morgan fingerprint density at radius 2 is 1.79 bits per heavy atom. The molecule has 212 valence electrons. The van der Waals surface area contributed by atoms with Gasteiger partial charge in [-0.15, -0.1) is 0 Å². The van der Waals surface area contributed by atoms with Gasteiger partial charge in [0, 0.05) is 41.5 Å². The molecule has 0 spiro atoms. The molecule has 8 heteroatoms. The maximum Gasteiger partial charge on any atom is 0.250 e. The Morgan fingerprint density at radius 1 is 1.00 bits per heavy atom. The number of rotatable bonds is 7. The van der Waals surface area contributed by atoms with E-state index in [1.807, 2.05) is 43.5 Å². The van der Waals surface area contributed by atoms with Gasteiger partial charge in [-0.05, 0) is 92.0 Å². The number of methoxy groups -OCH3 is 1. The number of hydrogen-bond acceptors (Lipinski definition) is 4. The molecular weight excluding hydrogens is 542 g/mol. The van der Waals surface area contributed by atoms with Gasteiger partial charge in [0.25, 0.3) is 0 Å². The Hall–Kier alpha value is -4.53. The van der Waals surface area contributed by atoms with Gasteiger partial charge in [0.2, 0.25) is 5.91 Å². The van der Waals surface area contributed by atoms with Crippen molar-refractivity contribution >= 4 is 45.4 Å². The summed E-state index contributed by atoms with van der Waals surface area (Å²) in [6.45, 7) is 6.32. The number of ether oxygens (including phenoxy) is 1. The van der Waals surface area contributed by atoms with Crippen LogP contribution < -0.4 is 15.5 Å². The van der Waals surface area contributed by atoms with Crippen LogP contribution in [0.1, 0.15) is 40.3 Å². The minimum absolute atomic E-state index is 0.00146. The Morgan fingerprint density at radius 3 is 2.55 bits per heavy atom. The minimum atomic E-state index is -0.194. The van der Waals surface area contributed by atoms with E-state index in [-0.39, 0.29) is 24.6 Å². The van der Waals surface area contributed by atoms with Crippen molar-refractivity contribution in [1.82, 2.24) is 14.9 Å². The van der Waals surface area contributed by atoms with Crippen LogP contribution in [0.5, 0.6) is 0 Å². The molecule has 2 atom stereocenters. The number of thiocarbonyl (C=S) groups is 1. The van der Waals surface area contributed by atoms with Crippen molar-refractivity contribution in [2.45, 2.75) is 32.9 Å². The van der Waals surface area contributed by atoms with E-state index in [1.165, 1.54) is 23.4 Å². The second-order valence-corrected chi connectivity index (χ2v) is 11.0. The first-order valence-corrected chi connectivity index (χ1v) is 14.3. The van der Waals surface area contributed by atoms with E-state index in [1.54, 1.807) is 0 Å². The summed E-state index contributed by atoms with van der Waals surface area (Å²) in [7, 11) is 1.51. The number of anilines is 2. The van der Waals surface area contributed by atoms with E-state index in [9.17, 15) is 4.79 Å². The average molecular weight is 576 g/mol. The third-order valence-electron chi connectivity index (χ3n) is 7.93. The Labute approximate surface area is 251 Å². The van der Waals surface area contributed by atoms with E-state index in [2.05, 4.69) is 88.5 Å². The molecule has 2 N–H and O–H groups in total. The van der Waals surface area contributed by atoms with E-state index >= 15 is 0 Å². The largest absolute Gasteiger partial charge is 0.375 e. The van der Waals surface area contributed by atoms with Crippen LogP contribution in [0.2, 0.25) is 0 Å². The summed E-state index contributed by atoms with van der Waals surface area (Å²) in [6.07, 6.45) is 1.82. The van der Waals surface area contributed by atoms with Crippen LogP contribution in [0.3, 0.4) is 0 Å². The summed E-state index contributed by atoms with van der Waals surface area (Å²) < 4.78 is 7.32. The van der Waals surface area contributed by atoms with Crippen molar-refractivity contribution in [2.75, 3.05) is 23.9 Å². The number of nitrogens with zero attached hydrogens (tertiary/aromatic N) is 3. The third kappa shape index (κ3) is 4.93. The zero-order valence-corrected chi connectivity index (χ0v) is 24.9. The molecule has 0 radical (unpaired) electrons. The first-order chi connectivity index (χ1) is 20.4. The van der Waals surface area contributed by atoms with E-state index in [4.69, 9.17) is 21.9 Å². The lowest BCUT2D eigenvalue weighted by Crippen LogP contribution is -2.29. The van der Waals surface area contributed by atoms with Gasteiger partial charge in [0.15, 0.2) is 5.11 Å². The van der Waals surface area contributed by atoms with Gasteiger partial charge in [-0.25, -0.2) is 0 Å². The summed E-state index contributed by atoms with van der Waals surface area (Å²) in [5.74, 6) is -0.194. The van der Waals surface area contributed by atoms with Gasteiger partial charge in [0.05, 0.1) is 23.5 Å². The highest BCUT2D eigenvalue weighted by atomic mass is 32.1. The summed E-state index contributed by atoms with van der Waals surface area (Å²) in [5, 5.41) is 9.53. The number of fused-ring (bicyclic) bond motifs is 1. The second kappa shape index (κ2) is 11.4. The number of aryl methyl sites for hydroxylation is 2. The predicted octanol–water partition coefficient (Wildman–Crippen LogP) is 6.71. The molecule has 1 saturated heterocycles. The van der Waals surface area contributed by atoms with Crippen LogP contribution in [0.25, 0.3) is 16.5 Å². The van der Waals surface area contributed by atoms with Gasteiger partial charge < -0.3 is 24.8 Å². The van der Waals surface area contributed by atoms with Crippen molar-refractivity contribution < 1.29 is 9.53 Å². The van der Waals surface area contributed by atoms with Crippen LogP contribution >= 0.6 is 12.2 Å². The molecular formula is C34H33N5O2S. The molecule has 3 heterocycles. The number of amides is 1. The van der Waals surface area contributed by atoms with Gasteiger partial charge in [-0.3, -0.25) is 9.78 Å². The molecule has 0 saturated carbocycles. The fraction of sp³-hybridized carbons (Fsp3) is 0.206. The first-order valence-electron chi connectivity index (χ1n) is 13.9. The molecule has 3 aromatic carbocycles. The number of carbonyl (C=O) groups excluding carboxylic acids is 1. The normalized spacial score (nSPS) is 16.6. The van der Waals surface area contributed by atoms with Crippen molar-refractivity contribution in [3.8, 4) is 5.69 Å². The highest BCUT2D eigenvalue weighted by Gasteiger charge is 2.42. The fourth-order valence-electron chi connectivity index (χ4n) is 6.07. The first kappa shape index (κ1) is 27.6. The number of hydrogen-bond donors (Lipinski definition) is 2. The topological polar surface area (TPSA) is 71.4 Å². The van der Waals surface area contributed by atoms with Crippen molar-refractivity contribution in [2.24, 2.45) is 0 Å². The van der Waals surface area contributed by atoms with Crippen molar-refractivity contribution in [3.05, 3.63) is 119 Å². The number of carbonyl (C=O) groups is 1. The minimum Gasteiger partial charge on any atom is -0.375 e. The Balaban J connectivity index is 1.48. The standard InChI is InChI=1S/C34H33N5O2S/c1-21-18-25(15-16-28(21)36-31(40)20-41-4)39-33(32(37-34(39)42)29-13-7-8-17-35-29)27-19-22(2)38(23(27)3)30-14-9-11-24-10-5-6-12-26(24)30/h5-19,32-33H,20H2,1-4H3,(H,36,40)(H,37,42)/t32-,33+/m0/s1. The second-order valence-electron chi connectivity index (χ2n) is 10.6. The molecule has 2 aromatic heterocycles. The van der Waals surface area contributed by atoms with Crippen LogP contribution in [0.4, 0.5) is 11.4 Å². The van der Waals surface area contributed by atoms with Crippen molar-refractivity contribution in [3.63, 3.8) is 0 Å². The number of nitrogens with one attached hydrogen (secondary N) is 2. The smallest absolute Gasteiger partial charge is 0.250 e. The monoisotopic (exact) mass is 575 g/mol.